The predicted octanol–water partition coefficient (Wildman–Crippen LogP) is 3.86. The minimum Gasteiger partial charge on any atom is -0.346 e. The van der Waals surface area contributed by atoms with Gasteiger partial charge in [0, 0.05) is 18.1 Å². The first kappa shape index (κ1) is 12.7. The molecule has 0 aliphatic carbocycles. The van der Waals surface area contributed by atoms with Crippen LogP contribution in [0.2, 0.25) is 10.0 Å². The number of benzene rings is 1. The van der Waals surface area contributed by atoms with E-state index in [2.05, 4.69) is 17.7 Å². The van der Waals surface area contributed by atoms with Crippen LogP contribution in [-0.4, -0.2) is 11.1 Å². The summed E-state index contributed by atoms with van der Waals surface area (Å²) in [5.41, 5.74) is 7.89. The summed E-state index contributed by atoms with van der Waals surface area (Å²) in [4.78, 5) is 0. The second-order valence-corrected chi connectivity index (χ2v) is 4.88. The van der Waals surface area contributed by atoms with Gasteiger partial charge in [-0.3, -0.25) is 0 Å². The second-order valence-electron chi connectivity index (χ2n) is 4.09. The number of hydrogen-bond acceptors (Lipinski definition) is 1. The topological polar surface area (TPSA) is 30.9 Å². The van der Waals surface area contributed by atoms with Gasteiger partial charge >= 0.3 is 0 Å². The standard InChI is InChI=1S/C13H16Cl2N2/c1-2-17-8-9(4-3-7-16)10-5-6-11(14)12(15)13(10)17/h5-6,8H,2-4,7,16H2,1H3. The molecule has 2 N–H and O–H groups in total. The molecule has 0 radical (unpaired) electrons. The third kappa shape index (κ3) is 2.30. The van der Waals surface area contributed by atoms with Crippen LogP contribution in [0.4, 0.5) is 0 Å². The van der Waals surface area contributed by atoms with Gasteiger partial charge in [0.15, 0.2) is 0 Å². The first-order valence-electron chi connectivity index (χ1n) is 5.84. The summed E-state index contributed by atoms with van der Waals surface area (Å²) in [6.45, 7) is 3.70. The third-order valence-corrected chi connectivity index (χ3v) is 3.80. The highest BCUT2D eigenvalue weighted by atomic mass is 35.5. The Bertz CT molecular complexity index is 532. The van der Waals surface area contributed by atoms with E-state index in [0.29, 0.717) is 16.6 Å². The van der Waals surface area contributed by atoms with Crippen molar-refractivity contribution in [2.24, 2.45) is 5.73 Å². The number of rotatable bonds is 4. The van der Waals surface area contributed by atoms with Crippen molar-refractivity contribution in [1.82, 2.24) is 4.57 Å². The zero-order chi connectivity index (χ0) is 12.4. The van der Waals surface area contributed by atoms with Crippen LogP contribution in [0.15, 0.2) is 18.3 Å². The highest BCUT2D eigenvalue weighted by Gasteiger charge is 2.12. The van der Waals surface area contributed by atoms with E-state index in [4.69, 9.17) is 28.9 Å². The van der Waals surface area contributed by atoms with Crippen molar-refractivity contribution in [3.05, 3.63) is 33.9 Å². The zero-order valence-electron chi connectivity index (χ0n) is 9.84. The number of aryl methyl sites for hydroxylation is 2. The van der Waals surface area contributed by atoms with Crippen LogP contribution in [0, 0.1) is 0 Å². The van der Waals surface area contributed by atoms with Gasteiger partial charge in [0.25, 0.3) is 0 Å². The smallest absolute Gasteiger partial charge is 0.0835 e. The Morgan fingerprint density at radius 2 is 2.06 bits per heavy atom. The number of halogens is 2. The molecule has 0 bridgehead atoms. The lowest BCUT2D eigenvalue weighted by atomic mass is 10.1. The van der Waals surface area contributed by atoms with Crippen LogP contribution >= 0.6 is 23.2 Å². The second kappa shape index (κ2) is 5.30. The average molecular weight is 271 g/mol. The van der Waals surface area contributed by atoms with Gasteiger partial charge in [-0.15, -0.1) is 0 Å². The molecule has 1 aromatic carbocycles. The number of fused-ring (bicyclic) bond motifs is 1. The monoisotopic (exact) mass is 270 g/mol. The first-order chi connectivity index (χ1) is 8.19. The van der Waals surface area contributed by atoms with Crippen LogP contribution in [-0.2, 0) is 13.0 Å². The Balaban J connectivity index is 2.60. The van der Waals surface area contributed by atoms with Crippen molar-refractivity contribution < 1.29 is 0 Å². The van der Waals surface area contributed by atoms with Crippen molar-refractivity contribution in [2.75, 3.05) is 6.54 Å². The molecule has 0 aliphatic heterocycles. The molecule has 0 unspecified atom stereocenters. The van der Waals surface area contributed by atoms with Gasteiger partial charge in [-0.25, -0.2) is 0 Å². The largest absolute Gasteiger partial charge is 0.346 e. The Morgan fingerprint density at radius 3 is 2.71 bits per heavy atom. The van der Waals surface area contributed by atoms with E-state index in [0.717, 1.165) is 24.9 Å². The number of nitrogens with zero attached hydrogens (tertiary/aromatic N) is 1. The molecule has 0 atom stereocenters. The molecule has 0 fully saturated rings. The molecular weight excluding hydrogens is 255 g/mol. The molecule has 0 spiro atoms. The lowest BCUT2D eigenvalue weighted by molar-refractivity contribution is 0.781. The van der Waals surface area contributed by atoms with E-state index in [9.17, 15) is 0 Å². The van der Waals surface area contributed by atoms with Crippen molar-refractivity contribution >= 4 is 34.1 Å². The summed E-state index contributed by atoms with van der Waals surface area (Å²) >= 11 is 12.3. The number of nitrogens with two attached hydrogens (primary N) is 1. The molecule has 0 amide bonds. The molecule has 1 aromatic heterocycles. The zero-order valence-corrected chi connectivity index (χ0v) is 11.4. The summed E-state index contributed by atoms with van der Waals surface area (Å²) < 4.78 is 2.15. The van der Waals surface area contributed by atoms with Crippen LogP contribution in [0.25, 0.3) is 10.9 Å². The van der Waals surface area contributed by atoms with Gasteiger partial charge in [-0.05, 0) is 37.9 Å². The van der Waals surface area contributed by atoms with Gasteiger partial charge < -0.3 is 10.3 Å². The van der Waals surface area contributed by atoms with Crippen molar-refractivity contribution in [3.8, 4) is 0 Å². The van der Waals surface area contributed by atoms with E-state index in [1.807, 2.05) is 12.1 Å². The van der Waals surface area contributed by atoms with Gasteiger partial charge in [-0.2, -0.15) is 0 Å². The maximum Gasteiger partial charge on any atom is 0.0835 e. The molecule has 0 aliphatic rings. The molecule has 92 valence electrons. The first-order valence-corrected chi connectivity index (χ1v) is 6.60. The van der Waals surface area contributed by atoms with Gasteiger partial charge in [0.1, 0.15) is 0 Å². The minimum absolute atomic E-state index is 0.609. The third-order valence-electron chi connectivity index (χ3n) is 3.00. The maximum absolute atomic E-state index is 6.28. The SMILES string of the molecule is CCn1cc(CCCN)c2ccc(Cl)c(Cl)c21. The summed E-state index contributed by atoms with van der Waals surface area (Å²) in [6.07, 6.45) is 4.13. The molecule has 4 heteroatoms. The molecule has 2 nitrogen and oxygen atoms in total. The fourth-order valence-corrected chi connectivity index (χ4v) is 2.57. The number of aromatic nitrogens is 1. The molecule has 2 aromatic rings. The summed E-state index contributed by atoms with van der Waals surface area (Å²) in [5, 5.41) is 2.44. The van der Waals surface area contributed by atoms with Crippen LogP contribution in [0.5, 0.6) is 0 Å². The molecule has 2 rings (SSSR count). The van der Waals surface area contributed by atoms with Crippen molar-refractivity contribution in [1.29, 1.82) is 0 Å². The van der Waals surface area contributed by atoms with E-state index < -0.39 is 0 Å². The van der Waals surface area contributed by atoms with Crippen LogP contribution < -0.4 is 5.73 Å². The van der Waals surface area contributed by atoms with E-state index in [1.165, 1.54) is 10.9 Å². The fraction of sp³-hybridized carbons (Fsp3) is 0.385. The Morgan fingerprint density at radius 1 is 1.29 bits per heavy atom. The van der Waals surface area contributed by atoms with E-state index >= 15 is 0 Å². The lowest BCUT2D eigenvalue weighted by Gasteiger charge is -2.03. The summed E-state index contributed by atoms with van der Waals surface area (Å²) in [5.74, 6) is 0. The van der Waals surface area contributed by atoms with Crippen LogP contribution in [0.1, 0.15) is 18.9 Å². The normalized spacial score (nSPS) is 11.3. The van der Waals surface area contributed by atoms with Crippen molar-refractivity contribution in [3.63, 3.8) is 0 Å². The molecule has 0 saturated heterocycles. The molecule has 0 saturated carbocycles. The molecule has 1 heterocycles. The van der Waals surface area contributed by atoms with Gasteiger partial charge in [-0.1, -0.05) is 29.3 Å². The van der Waals surface area contributed by atoms with Crippen molar-refractivity contribution in [2.45, 2.75) is 26.3 Å². The average Bonchev–Trinajstić information content (AvgIpc) is 2.70. The highest BCUT2D eigenvalue weighted by molar-refractivity contribution is 6.45. The molecular formula is C13H16Cl2N2. The fourth-order valence-electron chi connectivity index (χ4n) is 2.14. The van der Waals surface area contributed by atoms with E-state index in [-0.39, 0.29) is 0 Å². The van der Waals surface area contributed by atoms with Crippen LogP contribution in [0.3, 0.4) is 0 Å². The maximum atomic E-state index is 6.28. The Kier molecular flexibility index (Phi) is 3.97. The Hall–Kier alpha value is -0.700. The Labute approximate surface area is 111 Å². The summed E-state index contributed by atoms with van der Waals surface area (Å²) in [6, 6.07) is 3.90. The quantitative estimate of drug-likeness (QED) is 0.899. The lowest BCUT2D eigenvalue weighted by Crippen LogP contribution is -1.99. The molecule has 17 heavy (non-hydrogen) atoms. The minimum atomic E-state index is 0.609. The van der Waals surface area contributed by atoms with E-state index in [1.54, 1.807) is 0 Å². The highest BCUT2D eigenvalue weighted by Crippen LogP contribution is 2.34. The van der Waals surface area contributed by atoms with Gasteiger partial charge in [0.05, 0.1) is 15.6 Å². The predicted molar refractivity (Wildman–Crippen MR) is 75.0 cm³/mol. The summed E-state index contributed by atoms with van der Waals surface area (Å²) in [7, 11) is 0. The number of hydrogen-bond donors (Lipinski definition) is 1. The van der Waals surface area contributed by atoms with Gasteiger partial charge in [0.2, 0.25) is 0 Å².